The van der Waals surface area contributed by atoms with Crippen molar-refractivity contribution < 1.29 is 5.11 Å². The van der Waals surface area contributed by atoms with Crippen LogP contribution in [0.3, 0.4) is 0 Å². The fourth-order valence-corrected chi connectivity index (χ4v) is 2.00. The number of hydrogen-bond acceptors (Lipinski definition) is 5. The van der Waals surface area contributed by atoms with E-state index in [4.69, 9.17) is 5.26 Å². The molecule has 5 nitrogen and oxygen atoms in total. The molecule has 108 valence electrons. The highest BCUT2D eigenvalue weighted by Gasteiger charge is 2.10. The molecule has 0 unspecified atom stereocenters. The van der Waals surface area contributed by atoms with Crippen molar-refractivity contribution in [3.8, 4) is 6.07 Å². The van der Waals surface area contributed by atoms with Crippen LogP contribution in [0.4, 0.5) is 5.82 Å². The fraction of sp³-hybridized carbons (Fsp3) is 0.312. The van der Waals surface area contributed by atoms with Gasteiger partial charge in [0, 0.05) is 31.7 Å². The van der Waals surface area contributed by atoms with Crippen molar-refractivity contribution >= 4 is 5.82 Å². The number of nitrogens with zero attached hydrogens (tertiary/aromatic N) is 4. The number of anilines is 1. The molecule has 0 bridgehead atoms. The first-order valence-electron chi connectivity index (χ1n) is 6.85. The first-order chi connectivity index (χ1) is 10.2. The summed E-state index contributed by atoms with van der Waals surface area (Å²) in [5.41, 5.74) is 1.84. The highest BCUT2D eigenvalue weighted by Crippen LogP contribution is 2.18. The molecular formula is C16H18N4O. The molecule has 5 heteroatoms. The van der Waals surface area contributed by atoms with Crippen LogP contribution in [0.25, 0.3) is 0 Å². The third-order valence-corrected chi connectivity index (χ3v) is 3.17. The third-order valence-electron chi connectivity index (χ3n) is 3.17. The first kappa shape index (κ1) is 14.9. The number of aliphatic hydroxyl groups excluding tert-OH is 1. The molecule has 0 aliphatic heterocycles. The molecule has 1 atom stereocenters. The lowest BCUT2D eigenvalue weighted by atomic mass is 10.2. The Balaban J connectivity index is 2.17. The van der Waals surface area contributed by atoms with Gasteiger partial charge in [-0.15, -0.1) is 0 Å². The van der Waals surface area contributed by atoms with E-state index in [1.54, 1.807) is 19.3 Å². The topological polar surface area (TPSA) is 73.0 Å². The van der Waals surface area contributed by atoms with E-state index in [-0.39, 0.29) is 0 Å². The Kier molecular flexibility index (Phi) is 5.24. The maximum atomic E-state index is 9.52. The zero-order valence-electron chi connectivity index (χ0n) is 12.0. The lowest BCUT2D eigenvalue weighted by molar-refractivity contribution is 0.199. The van der Waals surface area contributed by atoms with Crippen LogP contribution < -0.4 is 4.90 Å². The molecule has 0 radical (unpaired) electrons. The summed E-state index contributed by atoms with van der Waals surface area (Å²) in [7, 11) is 0. The van der Waals surface area contributed by atoms with Gasteiger partial charge in [-0.1, -0.05) is 12.1 Å². The monoisotopic (exact) mass is 282 g/mol. The van der Waals surface area contributed by atoms with Crippen LogP contribution >= 0.6 is 0 Å². The number of aromatic nitrogens is 2. The Labute approximate surface area is 124 Å². The molecular weight excluding hydrogens is 264 g/mol. The molecule has 0 saturated heterocycles. The summed E-state index contributed by atoms with van der Waals surface area (Å²) in [6, 6.07) is 9.77. The van der Waals surface area contributed by atoms with Crippen molar-refractivity contribution in [3.05, 3.63) is 54.0 Å². The molecule has 0 aliphatic rings. The van der Waals surface area contributed by atoms with Crippen LogP contribution in [-0.4, -0.2) is 21.6 Å². The Morgan fingerprint density at radius 1 is 1.33 bits per heavy atom. The van der Waals surface area contributed by atoms with Crippen LogP contribution in [0.2, 0.25) is 0 Å². The molecule has 0 aliphatic carbocycles. The number of pyridine rings is 2. The van der Waals surface area contributed by atoms with Crippen LogP contribution in [0.5, 0.6) is 0 Å². The zero-order chi connectivity index (χ0) is 15.1. The van der Waals surface area contributed by atoms with E-state index < -0.39 is 6.10 Å². The molecule has 21 heavy (non-hydrogen) atoms. The molecule has 0 aromatic carbocycles. The molecule has 2 heterocycles. The van der Waals surface area contributed by atoms with Crippen molar-refractivity contribution in [1.82, 2.24) is 9.97 Å². The lowest BCUT2D eigenvalue weighted by Gasteiger charge is -2.23. The van der Waals surface area contributed by atoms with Gasteiger partial charge < -0.3 is 10.0 Å². The maximum Gasteiger partial charge on any atom is 0.128 e. The van der Waals surface area contributed by atoms with Gasteiger partial charge in [-0.25, -0.2) is 4.98 Å². The van der Waals surface area contributed by atoms with E-state index in [0.29, 0.717) is 19.5 Å². The van der Waals surface area contributed by atoms with Crippen molar-refractivity contribution in [2.45, 2.75) is 26.0 Å². The average molecular weight is 282 g/mol. The number of aliphatic hydroxyl groups is 1. The number of hydrogen-bond donors (Lipinski definition) is 1. The standard InChI is InChI=1S/C16H18N4O/c1-13(21)15-5-6-16(19-11-15)20(9-3-7-17)12-14-4-2-8-18-10-14/h2,4-6,8,10-11,13,21H,3,9,12H2,1H3/t13-/m1/s1. The largest absolute Gasteiger partial charge is 0.389 e. The van der Waals surface area contributed by atoms with Crippen molar-refractivity contribution in [3.63, 3.8) is 0 Å². The molecule has 0 spiro atoms. The summed E-state index contributed by atoms with van der Waals surface area (Å²) in [5, 5.41) is 18.3. The minimum absolute atomic E-state index is 0.431. The van der Waals surface area contributed by atoms with Gasteiger partial charge in [-0.05, 0) is 30.2 Å². The molecule has 0 saturated carbocycles. The third kappa shape index (κ3) is 4.26. The van der Waals surface area contributed by atoms with Gasteiger partial charge in [0.2, 0.25) is 0 Å². The van der Waals surface area contributed by atoms with Gasteiger partial charge in [-0.2, -0.15) is 5.26 Å². The summed E-state index contributed by atoms with van der Waals surface area (Å²) in [5.74, 6) is 0.790. The number of nitriles is 1. The summed E-state index contributed by atoms with van der Waals surface area (Å²) >= 11 is 0. The SMILES string of the molecule is C[C@@H](O)c1ccc(N(CCC#N)Cc2cccnc2)nc1. The lowest BCUT2D eigenvalue weighted by Crippen LogP contribution is -2.24. The summed E-state index contributed by atoms with van der Waals surface area (Å²) in [6.07, 6.45) is 5.11. The summed E-state index contributed by atoms with van der Waals surface area (Å²) < 4.78 is 0. The molecule has 1 N–H and O–H groups in total. The molecule has 2 aromatic rings. The molecule has 2 rings (SSSR count). The van der Waals surface area contributed by atoms with E-state index in [9.17, 15) is 5.11 Å². The van der Waals surface area contributed by atoms with Crippen LogP contribution in [0.15, 0.2) is 42.9 Å². The van der Waals surface area contributed by atoms with E-state index in [0.717, 1.165) is 16.9 Å². The average Bonchev–Trinajstić information content (AvgIpc) is 2.52. The first-order valence-corrected chi connectivity index (χ1v) is 6.85. The van der Waals surface area contributed by atoms with E-state index in [2.05, 4.69) is 16.0 Å². The van der Waals surface area contributed by atoms with Gasteiger partial charge in [0.15, 0.2) is 0 Å². The quantitative estimate of drug-likeness (QED) is 0.881. The predicted octanol–water partition coefficient (Wildman–Crippen LogP) is 2.45. The second-order valence-electron chi connectivity index (χ2n) is 4.82. The van der Waals surface area contributed by atoms with Gasteiger partial charge in [0.25, 0.3) is 0 Å². The number of rotatable bonds is 6. The highest BCUT2D eigenvalue weighted by molar-refractivity contribution is 5.40. The molecule has 0 amide bonds. The summed E-state index contributed by atoms with van der Waals surface area (Å²) in [6.45, 7) is 2.96. The van der Waals surface area contributed by atoms with Gasteiger partial charge in [-0.3, -0.25) is 4.98 Å². The van der Waals surface area contributed by atoms with Crippen LogP contribution in [0, 0.1) is 11.3 Å². The van der Waals surface area contributed by atoms with Gasteiger partial charge >= 0.3 is 0 Å². The van der Waals surface area contributed by atoms with E-state index in [1.807, 2.05) is 35.4 Å². The Hall–Kier alpha value is -2.45. The highest BCUT2D eigenvalue weighted by atomic mass is 16.3. The van der Waals surface area contributed by atoms with Crippen LogP contribution in [0.1, 0.15) is 30.6 Å². The maximum absolute atomic E-state index is 9.52. The van der Waals surface area contributed by atoms with Crippen molar-refractivity contribution in [2.75, 3.05) is 11.4 Å². The summed E-state index contributed by atoms with van der Waals surface area (Å²) in [4.78, 5) is 10.5. The minimum Gasteiger partial charge on any atom is -0.389 e. The minimum atomic E-state index is -0.530. The second-order valence-corrected chi connectivity index (χ2v) is 4.82. The van der Waals surface area contributed by atoms with Crippen molar-refractivity contribution in [2.24, 2.45) is 0 Å². The Bertz CT molecular complexity index is 590. The second kappa shape index (κ2) is 7.36. The van der Waals surface area contributed by atoms with E-state index >= 15 is 0 Å². The normalized spacial score (nSPS) is 11.7. The van der Waals surface area contributed by atoms with Gasteiger partial charge in [0.1, 0.15) is 5.82 Å². The Morgan fingerprint density at radius 3 is 2.76 bits per heavy atom. The van der Waals surface area contributed by atoms with Crippen LogP contribution in [-0.2, 0) is 6.54 Å². The Morgan fingerprint density at radius 2 is 2.19 bits per heavy atom. The van der Waals surface area contributed by atoms with Crippen molar-refractivity contribution in [1.29, 1.82) is 5.26 Å². The predicted molar refractivity (Wildman–Crippen MR) is 80.4 cm³/mol. The zero-order valence-corrected chi connectivity index (χ0v) is 12.0. The smallest absolute Gasteiger partial charge is 0.128 e. The van der Waals surface area contributed by atoms with Gasteiger partial charge in [0.05, 0.1) is 18.6 Å². The molecule has 2 aromatic heterocycles. The molecule has 0 fully saturated rings. The van der Waals surface area contributed by atoms with E-state index in [1.165, 1.54) is 0 Å². The fourth-order valence-electron chi connectivity index (χ4n) is 2.00.